The van der Waals surface area contributed by atoms with Crippen LogP contribution in [0.25, 0.3) is 11.0 Å². The van der Waals surface area contributed by atoms with Crippen molar-refractivity contribution in [3.05, 3.63) is 48.5 Å². The van der Waals surface area contributed by atoms with Gasteiger partial charge in [-0.25, -0.2) is 4.98 Å². The maximum atomic E-state index is 12.9. The number of nitrogens with zero attached hydrogens (tertiary/aromatic N) is 3. The van der Waals surface area contributed by atoms with Crippen molar-refractivity contribution < 1.29 is 14.3 Å². The van der Waals surface area contributed by atoms with Crippen LogP contribution in [0.3, 0.4) is 0 Å². The minimum atomic E-state index is -0.811. The van der Waals surface area contributed by atoms with Gasteiger partial charge < -0.3 is 14.2 Å². The number of aryl methyl sites for hydroxylation is 1. The van der Waals surface area contributed by atoms with Gasteiger partial charge in [-0.1, -0.05) is 24.3 Å². The van der Waals surface area contributed by atoms with Crippen molar-refractivity contribution in [2.24, 2.45) is 0 Å². The Balaban J connectivity index is 1.62. The maximum Gasteiger partial charge on any atom is 0.269 e. The number of ether oxygens (including phenoxy) is 1. The smallest absolute Gasteiger partial charge is 0.269 e. The van der Waals surface area contributed by atoms with Crippen molar-refractivity contribution >= 4 is 34.5 Å². The molecule has 1 aliphatic rings. The number of para-hydroxylation sites is 4. The highest BCUT2D eigenvalue weighted by atomic mass is 16.5. The fourth-order valence-corrected chi connectivity index (χ4v) is 3.35. The van der Waals surface area contributed by atoms with E-state index in [1.54, 1.807) is 17.0 Å². The molecule has 0 aliphatic carbocycles. The zero-order chi connectivity index (χ0) is 19.0. The molecule has 3 aromatic rings. The van der Waals surface area contributed by atoms with Crippen molar-refractivity contribution in [3.63, 3.8) is 0 Å². The number of aromatic nitrogens is 2. The number of amides is 2. The highest BCUT2D eigenvalue weighted by Gasteiger charge is 2.33. The molecule has 4 rings (SSSR count). The van der Waals surface area contributed by atoms with E-state index in [0.29, 0.717) is 23.9 Å². The Morgan fingerprint density at radius 1 is 1.19 bits per heavy atom. The molecule has 0 fully saturated rings. The fourth-order valence-electron chi connectivity index (χ4n) is 3.35. The van der Waals surface area contributed by atoms with Crippen LogP contribution in [-0.2, 0) is 16.1 Å². The number of fused-ring (bicyclic) bond motifs is 2. The number of hydrogen-bond acceptors (Lipinski definition) is 4. The summed E-state index contributed by atoms with van der Waals surface area (Å²) in [6, 6.07) is 14.9. The first-order valence-electron chi connectivity index (χ1n) is 8.88. The van der Waals surface area contributed by atoms with E-state index in [1.165, 1.54) is 6.92 Å². The van der Waals surface area contributed by atoms with E-state index in [1.807, 2.05) is 47.9 Å². The zero-order valence-corrected chi connectivity index (χ0v) is 15.2. The Morgan fingerprint density at radius 2 is 1.93 bits per heavy atom. The molecule has 0 radical (unpaired) electrons. The predicted molar refractivity (Wildman–Crippen MR) is 103 cm³/mol. The third-order valence-corrected chi connectivity index (χ3v) is 4.65. The topological polar surface area (TPSA) is 76.5 Å². The molecule has 1 aromatic heterocycles. The quantitative estimate of drug-likeness (QED) is 0.775. The van der Waals surface area contributed by atoms with E-state index < -0.39 is 6.10 Å². The minimum absolute atomic E-state index is 0.135. The van der Waals surface area contributed by atoms with E-state index in [2.05, 4.69) is 10.3 Å². The molecule has 2 aromatic carbocycles. The second-order valence-corrected chi connectivity index (χ2v) is 6.36. The number of anilines is 2. The van der Waals surface area contributed by atoms with Crippen LogP contribution in [0.4, 0.5) is 11.6 Å². The van der Waals surface area contributed by atoms with E-state index in [-0.39, 0.29) is 18.4 Å². The van der Waals surface area contributed by atoms with E-state index >= 15 is 0 Å². The van der Waals surface area contributed by atoms with E-state index in [0.717, 1.165) is 11.0 Å². The van der Waals surface area contributed by atoms with Crippen molar-refractivity contribution in [3.8, 4) is 5.75 Å². The van der Waals surface area contributed by atoms with Crippen LogP contribution in [0.2, 0.25) is 0 Å². The largest absolute Gasteiger partial charge is 0.476 e. The van der Waals surface area contributed by atoms with Gasteiger partial charge in [0.1, 0.15) is 5.75 Å². The number of rotatable bonds is 3. The van der Waals surface area contributed by atoms with Gasteiger partial charge in [0.2, 0.25) is 11.9 Å². The standard InChI is InChI=1S/C20H20N4O3/c1-3-23-15-9-5-4-8-14(15)21-20(23)22-19(26)18-12-24(13(2)25)16-10-6-7-11-17(16)27-18/h4-11,18H,3,12H2,1-2H3,(H,21,22,26). The highest BCUT2D eigenvalue weighted by Crippen LogP contribution is 2.33. The van der Waals surface area contributed by atoms with Crippen LogP contribution in [0.1, 0.15) is 13.8 Å². The van der Waals surface area contributed by atoms with Crippen LogP contribution in [-0.4, -0.2) is 34.0 Å². The monoisotopic (exact) mass is 364 g/mol. The third kappa shape index (κ3) is 3.01. The Morgan fingerprint density at radius 3 is 2.70 bits per heavy atom. The molecule has 2 heterocycles. The molecular weight excluding hydrogens is 344 g/mol. The summed E-state index contributed by atoms with van der Waals surface area (Å²) < 4.78 is 7.79. The summed E-state index contributed by atoms with van der Waals surface area (Å²) in [6.45, 7) is 4.30. The summed E-state index contributed by atoms with van der Waals surface area (Å²) in [4.78, 5) is 31.0. The Hall–Kier alpha value is -3.35. The molecule has 138 valence electrons. The third-order valence-electron chi connectivity index (χ3n) is 4.65. The summed E-state index contributed by atoms with van der Waals surface area (Å²) in [6.07, 6.45) is -0.811. The van der Waals surface area contributed by atoms with Crippen LogP contribution in [0, 0.1) is 0 Å². The number of benzene rings is 2. The van der Waals surface area contributed by atoms with Gasteiger partial charge in [0.15, 0.2) is 6.10 Å². The molecule has 0 spiro atoms. The lowest BCUT2D eigenvalue weighted by Gasteiger charge is -2.33. The van der Waals surface area contributed by atoms with Crippen LogP contribution in [0.5, 0.6) is 5.75 Å². The molecular formula is C20H20N4O3. The molecule has 1 unspecified atom stereocenters. The Labute approximate surface area is 156 Å². The molecule has 1 N–H and O–H groups in total. The van der Waals surface area contributed by atoms with Crippen molar-refractivity contribution in [2.45, 2.75) is 26.5 Å². The molecule has 27 heavy (non-hydrogen) atoms. The van der Waals surface area contributed by atoms with Gasteiger partial charge in [0.05, 0.1) is 23.3 Å². The minimum Gasteiger partial charge on any atom is -0.476 e. The van der Waals surface area contributed by atoms with Crippen molar-refractivity contribution in [1.29, 1.82) is 0 Å². The average Bonchev–Trinajstić information content (AvgIpc) is 3.03. The first kappa shape index (κ1) is 17.1. The zero-order valence-electron chi connectivity index (χ0n) is 15.2. The van der Waals surface area contributed by atoms with Gasteiger partial charge >= 0.3 is 0 Å². The SMILES string of the molecule is CCn1c(NC(=O)C2CN(C(C)=O)c3ccccc3O2)nc2ccccc21. The molecule has 0 saturated carbocycles. The molecule has 7 heteroatoms. The number of nitrogens with one attached hydrogen (secondary N) is 1. The normalized spacial score (nSPS) is 15.9. The van der Waals surface area contributed by atoms with Crippen molar-refractivity contribution in [2.75, 3.05) is 16.8 Å². The fraction of sp³-hybridized carbons (Fsp3) is 0.250. The lowest BCUT2D eigenvalue weighted by atomic mass is 10.1. The van der Waals surface area contributed by atoms with Crippen LogP contribution < -0.4 is 15.0 Å². The van der Waals surface area contributed by atoms with Gasteiger partial charge in [-0.2, -0.15) is 0 Å². The Bertz CT molecular complexity index is 1030. The first-order chi connectivity index (χ1) is 13.1. The van der Waals surface area contributed by atoms with Gasteiger partial charge in [-0.05, 0) is 31.2 Å². The predicted octanol–water partition coefficient (Wildman–Crippen LogP) is 2.81. The molecule has 0 saturated heterocycles. The number of carbonyl (C=O) groups is 2. The summed E-state index contributed by atoms with van der Waals surface area (Å²) in [5.41, 5.74) is 2.44. The molecule has 2 amide bonds. The lowest BCUT2D eigenvalue weighted by Crippen LogP contribution is -2.48. The van der Waals surface area contributed by atoms with E-state index in [4.69, 9.17) is 4.74 Å². The summed E-state index contributed by atoms with van der Waals surface area (Å²) in [7, 11) is 0. The maximum absolute atomic E-state index is 12.9. The van der Waals surface area contributed by atoms with E-state index in [9.17, 15) is 9.59 Å². The summed E-state index contributed by atoms with van der Waals surface area (Å²) in [5, 5.41) is 2.86. The second kappa shape index (κ2) is 6.75. The number of carbonyl (C=O) groups excluding carboxylic acids is 2. The van der Waals surface area contributed by atoms with Gasteiger partial charge in [0, 0.05) is 13.5 Å². The van der Waals surface area contributed by atoms with Gasteiger partial charge in [-0.15, -0.1) is 0 Å². The molecule has 7 nitrogen and oxygen atoms in total. The van der Waals surface area contributed by atoms with Crippen LogP contribution in [0.15, 0.2) is 48.5 Å². The highest BCUT2D eigenvalue weighted by molar-refractivity contribution is 5.99. The van der Waals surface area contributed by atoms with Crippen LogP contribution >= 0.6 is 0 Å². The van der Waals surface area contributed by atoms with Gasteiger partial charge in [-0.3, -0.25) is 14.9 Å². The summed E-state index contributed by atoms with van der Waals surface area (Å²) >= 11 is 0. The Kier molecular flexibility index (Phi) is 4.27. The molecule has 1 aliphatic heterocycles. The summed E-state index contributed by atoms with van der Waals surface area (Å²) in [5.74, 6) is 0.522. The van der Waals surface area contributed by atoms with Gasteiger partial charge in [0.25, 0.3) is 5.91 Å². The number of imidazole rings is 1. The lowest BCUT2D eigenvalue weighted by molar-refractivity contribution is -0.123. The first-order valence-corrected chi connectivity index (χ1v) is 8.88. The average molecular weight is 364 g/mol. The molecule has 0 bridgehead atoms. The second-order valence-electron chi connectivity index (χ2n) is 6.36. The number of hydrogen-bond donors (Lipinski definition) is 1. The molecule has 1 atom stereocenters. The van der Waals surface area contributed by atoms with Crippen molar-refractivity contribution in [1.82, 2.24) is 9.55 Å².